The minimum Gasteiger partial charge on any atom is -0.482 e. The molecule has 1 N–H and O–H groups in total. The van der Waals surface area contributed by atoms with Crippen molar-refractivity contribution >= 4 is 17.7 Å². The van der Waals surface area contributed by atoms with Gasteiger partial charge < -0.3 is 9.84 Å². The first-order chi connectivity index (χ1) is 14.5. The smallest absolute Gasteiger partial charge is 0.419 e. The van der Waals surface area contributed by atoms with E-state index in [4.69, 9.17) is 9.84 Å². The number of rotatable bonds is 7. The third kappa shape index (κ3) is 5.54. The number of hydrogen-bond acceptors (Lipinski definition) is 5. The van der Waals surface area contributed by atoms with E-state index in [1.54, 1.807) is 26.0 Å². The Kier molecular flexibility index (Phi) is 6.54. The van der Waals surface area contributed by atoms with Gasteiger partial charge in [0, 0.05) is 16.7 Å². The van der Waals surface area contributed by atoms with Gasteiger partial charge in [-0.05, 0) is 49.7 Å². The first-order valence-corrected chi connectivity index (χ1v) is 9.91. The summed E-state index contributed by atoms with van der Waals surface area (Å²) in [5.41, 5.74) is 0.662. The van der Waals surface area contributed by atoms with Crippen LogP contribution in [0.4, 0.5) is 17.6 Å². The number of thioether (sulfide) groups is 1. The van der Waals surface area contributed by atoms with Gasteiger partial charge in [0.05, 0.1) is 22.6 Å². The van der Waals surface area contributed by atoms with Crippen LogP contribution in [-0.4, -0.2) is 32.7 Å². The Morgan fingerprint density at radius 3 is 2.52 bits per heavy atom. The van der Waals surface area contributed by atoms with E-state index in [-0.39, 0.29) is 5.69 Å². The molecule has 11 heteroatoms. The number of hydrogen-bond donors (Lipinski definition) is 1. The molecule has 0 fully saturated rings. The van der Waals surface area contributed by atoms with Crippen molar-refractivity contribution in [2.45, 2.75) is 30.7 Å². The van der Waals surface area contributed by atoms with Crippen LogP contribution in [0.3, 0.4) is 0 Å². The van der Waals surface area contributed by atoms with Crippen molar-refractivity contribution in [1.82, 2.24) is 15.0 Å². The summed E-state index contributed by atoms with van der Waals surface area (Å²) in [7, 11) is 0. The van der Waals surface area contributed by atoms with Crippen LogP contribution in [0.1, 0.15) is 22.5 Å². The van der Waals surface area contributed by atoms with Crippen LogP contribution in [-0.2, 0) is 16.7 Å². The van der Waals surface area contributed by atoms with E-state index >= 15 is 0 Å². The number of aromatic nitrogens is 3. The van der Waals surface area contributed by atoms with Crippen molar-refractivity contribution in [2.75, 3.05) is 6.61 Å². The second-order valence-corrected chi connectivity index (χ2v) is 7.63. The van der Waals surface area contributed by atoms with Crippen LogP contribution in [0.25, 0.3) is 5.69 Å². The van der Waals surface area contributed by atoms with E-state index < -0.39 is 30.1 Å². The van der Waals surface area contributed by atoms with Crippen LogP contribution in [0.15, 0.2) is 41.3 Å². The number of benzene rings is 2. The summed E-state index contributed by atoms with van der Waals surface area (Å²) in [4.78, 5) is 12.6. The van der Waals surface area contributed by atoms with Crippen molar-refractivity contribution in [2.24, 2.45) is 0 Å². The number of nitrogens with zero attached hydrogens (tertiary/aromatic N) is 3. The van der Waals surface area contributed by atoms with E-state index in [0.29, 0.717) is 29.0 Å². The van der Waals surface area contributed by atoms with Crippen molar-refractivity contribution in [3.05, 3.63) is 64.7 Å². The number of aliphatic carboxylic acids is 1. The molecule has 2 aromatic carbocycles. The second kappa shape index (κ2) is 8.96. The molecule has 1 heterocycles. The number of carbonyl (C=O) groups is 1. The fourth-order valence-corrected chi connectivity index (χ4v) is 3.68. The van der Waals surface area contributed by atoms with Gasteiger partial charge in [0.2, 0.25) is 0 Å². The molecule has 31 heavy (non-hydrogen) atoms. The molecule has 6 nitrogen and oxygen atoms in total. The normalized spacial score (nSPS) is 11.5. The number of alkyl halides is 3. The monoisotopic (exact) mass is 455 g/mol. The third-order valence-electron chi connectivity index (χ3n) is 4.24. The van der Waals surface area contributed by atoms with Gasteiger partial charge in [-0.1, -0.05) is 0 Å². The Labute approximate surface area is 178 Å². The maximum Gasteiger partial charge on any atom is 0.419 e. The van der Waals surface area contributed by atoms with Gasteiger partial charge in [-0.15, -0.1) is 11.8 Å². The maximum absolute atomic E-state index is 13.8. The van der Waals surface area contributed by atoms with Gasteiger partial charge in [0.25, 0.3) is 0 Å². The number of ether oxygens (including phenoxy) is 1. The molecule has 1 aromatic heterocycles. The molecule has 3 rings (SSSR count). The van der Waals surface area contributed by atoms with Gasteiger partial charge in [-0.3, -0.25) is 0 Å². The van der Waals surface area contributed by atoms with Crippen LogP contribution in [0.2, 0.25) is 0 Å². The number of halogens is 4. The summed E-state index contributed by atoms with van der Waals surface area (Å²) in [5, 5.41) is 17.1. The zero-order valence-electron chi connectivity index (χ0n) is 16.4. The Morgan fingerprint density at radius 2 is 1.90 bits per heavy atom. The SMILES string of the molecule is Cc1cc(SCc2nn(-c3ccc(C(F)(F)F)c(F)c3)nc2C)ccc1OCC(=O)O. The summed E-state index contributed by atoms with van der Waals surface area (Å²) >= 11 is 1.44. The zero-order chi connectivity index (χ0) is 22.8. The van der Waals surface area contributed by atoms with Crippen molar-refractivity contribution < 1.29 is 32.2 Å². The van der Waals surface area contributed by atoms with Crippen LogP contribution in [0.5, 0.6) is 5.75 Å². The van der Waals surface area contributed by atoms with Crippen molar-refractivity contribution in [3.63, 3.8) is 0 Å². The molecule has 0 bridgehead atoms. The Balaban J connectivity index is 1.71. The van der Waals surface area contributed by atoms with Gasteiger partial charge >= 0.3 is 12.1 Å². The highest BCUT2D eigenvalue weighted by Gasteiger charge is 2.34. The standard InChI is InChI=1S/C20H17F4N3O3S/c1-11-7-14(4-6-18(11)30-9-19(28)29)31-10-17-12(2)25-27(26-17)13-3-5-15(16(21)8-13)20(22,23)24/h3-8H,9-10H2,1-2H3,(H,28,29). The van der Waals surface area contributed by atoms with Gasteiger partial charge in [0.1, 0.15) is 11.6 Å². The minimum absolute atomic E-state index is 0.0839. The fourth-order valence-electron chi connectivity index (χ4n) is 2.68. The molecule has 0 spiro atoms. The van der Waals surface area contributed by atoms with E-state index in [9.17, 15) is 22.4 Å². The summed E-state index contributed by atoms with van der Waals surface area (Å²) in [6, 6.07) is 7.82. The van der Waals surface area contributed by atoms with Gasteiger partial charge in [-0.25, -0.2) is 9.18 Å². The maximum atomic E-state index is 13.8. The average Bonchev–Trinajstić information content (AvgIpc) is 3.05. The number of carboxylic acid groups (broad SMARTS) is 1. The molecule has 0 radical (unpaired) electrons. The Hall–Kier alpha value is -3.08. The van der Waals surface area contributed by atoms with Gasteiger partial charge in [0.15, 0.2) is 6.61 Å². The predicted molar refractivity (Wildman–Crippen MR) is 105 cm³/mol. The predicted octanol–water partition coefficient (Wildman–Crippen LogP) is 4.80. The molecule has 0 aliphatic heterocycles. The van der Waals surface area contributed by atoms with E-state index in [0.717, 1.165) is 27.4 Å². The molecule has 0 saturated heterocycles. The Bertz CT molecular complexity index is 1120. The molecular weight excluding hydrogens is 438 g/mol. The summed E-state index contributed by atoms with van der Waals surface area (Å²) in [5.74, 6) is -1.57. The summed E-state index contributed by atoms with van der Waals surface area (Å²) in [6.45, 7) is 3.07. The fraction of sp³-hybridized carbons (Fsp3) is 0.250. The lowest BCUT2D eigenvalue weighted by Crippen LogP contribution is -2.10. The quantitative estimate of drug-likeness (QED) is 0.408. The van der Waals surface area contributed by atoms with E-state index in [1.807, 2.05) is 6.07 Å². The average molecular weight is 455 g/mol. The first kappa shape index (κ1) is 22.6. The van der Waals surface area contributed by atoms with Gasteiger partial charge in [-0.2, -0.15) is 28.2 Å². The van der Waals surface area contributed by atoms with Crippen molar-refractivity contribution in [3.8, 4) is 11.4 Å². The van der Waals surface area contributed by atoms with Crippen LogP contribution < -0.4 is 4.74 Å². The summed E-state index contributed by atoms with van der Waals surface area (Å²) < 4.78 is 57.2. The molecule has 0 unspecified atom stereocenters. The molecule has 0 aliphatic rings. The largest absolute Gasteiger partial charge is 0.482 e. The molecular formula is C20H17F4N3O3S. The Morgan fingerprint density at radius 1 is 1.16 bits per heavy atom. The summed E-state index contributed by atoms with van der Waals surface area (Å²) in [6.07, 6.45) is -4.77. The number of aryl methyl sites for hydroxylation is 2. The minimum atomic E-state index is -4.77. The number of carboxylic acids is 1. The third-order valence-corrected chi connectivity index (χ3v) is 5.24. The lowest BCUT2D eigenvalue weighted by molar-refractivity contribution is -0.140. The highest BCUT2D eigenvalue weighted by Crippen LogP contribution is 2.32. The molecule has 0 amide bonds. The highest BCUT2D eigenvalue weighted by molar-refractivity contribution is 7.98. The zero-order valence-corrected chi connectivity index (χ0v) is 17.2. The molecule has 164 valence electrons. The van der Waals surface area contributed by atoms with Crippen molar-refractivity contribution in [1.29, 1.82) is 0 Å². The topological polar surface area (TPSA) is 77.2 Å². The highest BCUT2D eigenvalue weighted by atomic mass is 32.2. The van der Waals surface area contributed by atoms with E-state index in [1.165, 1.54) is 11.8 Å². The lowest BCUT2D eigenvalue weighted by atomic mass is 10.2. The van der Waals surface area contributed by atoms with Crippen LogP contribution in [0, 0.1) is 19.7 Å². The lowest BCUT2D eigenvalue weighted by Gasteiger charge is -2.09. The van der Waals surface area contributed by atoms with Crippen LogP contribution >= 0.6 is 11.8 Å². The first-order valence-electron chi connectivity index (χ1n) is 8.92. The molecule has 0 saturated carbocycles. The molecule has 3 aromatic rings. The van der Waals surface area contributed by atoms with E-state index in [2.05, 4.69) is 10.2 Å². The second-order valence-electron chi connectivity index (χ2n) is 6.58. The molecule has 0 aliphatic carbocycles. The molecule has 0 atom stereocenters.